The topological polar surface area (TPSA) is 32.3 Å². The molecule has 108 valence electrons. The fourth-order valence-corrected chi connectivity index (χ4v) is 3.77. The van der Waals surface area contributed by atoms with Gasteiger partial charge in [0, 0.05) is 27.3 Å². The van der Waals surface area contributed by atoms with E-state index in [1.807, 2.05) is 11.8 Å². The molecule has 19 heavy (non-hydrogen) atoms. The predicted molar refractivity (Wildman–Crippen MR) is 87.9 cm³/mol. The Balaban J connectivity index is 2.68. The van der Waals surface area contributed by atoms with Gasteiger partial charge in [0.15, 0.2) is 0 Å². The first-order valence-electron chi connectivity index (χ1n) is 6.88. The predicted octanol–water partition coefficient (Wildman–Crippen LogP) is 4.37. The molecule has 1 aromatic carbocycles. The van der Waals surface area contributed by atoms with Crippen molar-refractivity contribution in [3.63, 3.8) is 0 Å². The number of hydrogen-bond acceptors (Lipinski definition) is 3. The summed E-state index contributed by atoms with van der Waals surface area (Å²) in [5, 5.41) is 12.9. The molecule has 0 saturated carbocycles. The van der Waals surface area contributed by atoms with Crippen molar-refractivity contribution in [2.45, 2.75) is 49.8 Å². The van der Waals surface area contributed by atoms with E-state index in [0.29, 0.717) is 11.3 Å². The van der Waals surface area contributed by atoms with Gasteiger partial charge in [-0.25, -0.2) is 0 Å². The third kappa shape index (κ3) is 5.86. The summed E-state index contributed by atoms with van der Waals surface area (Å²) in [6.45, 7) is 7.81. The van der Waals surface area contributed by atoms with Crippen LogP contribution in [0.1, 0.15) is 45.2 Å². The highest BCUT2D eigenvalue weighted by atomic mass is 79.9. The lowest BCUT2D eigenvalue weighted by Crippen LogP contribution is -2.19. The van der Waals surface area contributed by atoms with Crippen molar-refractivity contribution in [2.75, 3.05) is 13.2 Å². The van der Waals surface area contributed by atoms with Crippen LogP contribution in [0.5, 0.6) is 0 Å². The molecule has 4 heteroatoms. The van der Waals surface area contributed by atoms with Gasteiger partial charge in [-0.2, -0.15) is 0 Å². The van der Waals surface area contributed by atoms with E-state index in [1.54, 1.807) is 0 Å². The van der Waals surface area contributed by atoms with E-state index in [4.69, 9.17) is 5.11 Å². The fourth-order valence-electron chi connectivity index (χ4n) is 1.88. The number of halogens is 1. The van der Waals surface area contributed by atoms with Crippen molar-refractivity contribution < 1.29 is 5.11 Å². The normalized spacial score (nSPS) is 14.4. The summed E-state index contributed by atoms with van der Waals surface area (Å²) in [6.07, 6.45) is 1.98. The Morgan fingerprint density at radius 3 is 2.68 bits per heavy atom. The Morgan fingerprint density at radius 1 is 1.37 bits per heavy atom. The van der Waals surface area contributed by atoms with E-state index in [0.717, 1.165) is 23.9 Å². The standard InChI is InChI=1S/C15H24BrNOS/c1-4-8-17-12(3)14-6-5-13(10-15(14)16)19-11(2)7-9-18/h5-6,10-12,17-18H,4,7-9H2,1-3H3. The number of rotatable bonds is 8. The molecular formula is C15H24BrNOS. The molecule has 1 rings (SSSR count). The maximum atomic E-state index is 8.94. The maximum Gasteiger partial charge on any atom is 0.0441 e. The third-order valence-electron chi connectivity index (χ3n) is 3.01. The summed E-state index contributed by atoms with van der Waals surface area (Å²) >= 11 is 5.48. The minimum atomic E-state index is 0.255. The molecule has 0 aromatic heterocycles. The average Bonchev–Trinajstić information content (AvgIpc) is 2.36. The molecule has 0 heterocycles. The van der Waals surface area contributed by atoms with Crippen molar-refractivity contribution in [2.24, 2.45) is 0 Å². The van der Waals surface area contributed by atoms with Crippen LogP contribution < -0.4 is 5.32 Å². The van der Waals surface area contributed by atoms with Gasteiger partial charge < -0.3 is 10.4 Å². The summed E-state index contributed by atoms with van der Waals surface area (Å²) in [6, 6.07) is 6.90. The zero-order chi connectivity index (χ0) is 14.3. The first-order valence-corrected chi connectivity index (χ1v) is 8.56. The Labute approximate surface area is 129 Å². The van der Waals surface area contributed by atoms with E-state index >= 15 is 0 Å². The SMILES string of the molecule is CCCNC(C)c1ccc(SC(C)CCO)cc1Br. The molecule has 2 unspecified atom stereocenters. The van der Waals surface area contributed by atoms with E-state index < -0.39 is 0 Å². The molecule has 0 aliphatic rings. The molecule has 0 radical (unpaired) electrons. The largest absolute Gasteiger partial charge is 0.396 e. The van der Waals surface area contributed by atoms with Gasteiger partial charge in [0.2, 0.25) is 0 Å². The van der Waals surface area contributed by atoms with E-state index in [9.17, 15) is 0 Å². The average molecular weight is 346 g/mol. The number of hydrogen-bond donors (Lipinski definition) is 2. The van der Waals surface area contributed by atoms with Gasteiger partial charge in [0.25, 0.3) is 0 Å². The van der Waals surface area contributed by atoms with Gasteiger partial charge in [0.1, 0.15) is 0 Å². The highest BCUT2D eigenvalue weighted by molar-refractivity contribution is 9.10. The first kappa shape index (κ1) is 17.0. The lowest BCUT2D eigenvalue weighted by atomic mass is 10.1. The number of aliphatic hydroxyl groups is 1. The highest BCUT2D eigenvalue weighted by Crippen LogP contribution is 2.31. The Bertz CT molecular complexity index is 386. The van der Waals surface area contributed by atoms with E-state index in [-0.39, 0.29) is 6.61 Å². The van der Waals surface area contributed by atoms with E-state index in [2.05, 4.69) is 60.2 Å². The van der Waals surface area contributed by atoms with Crippen molar-refractivity contribution in [1.82, 2.24) is 5.32 Å². The number of aliphatic hydroxyl groups excluding tert-OH is 1. The van der Waals surface area contributed by atoms with Crippen LogP contribution >= 0.6 is 27.7 Å². The zero-order valence-corrected chi connectivity index (χ0v) is 14.4. The van der Waals surface area contributed by atoms with Crippen LogP contribution in [0.15, 0.2) is 27.6 Å². The Hall–Kier alpha value is -0.0300. The Kier molecular flexibility index (Phi) is 8.07. The second-order valence-corrected chi connectivity index (χ2v) is 7.17. The van der Waals surface area contributed by atoms with Crippen LogP contribution in [-0.2, 0) is 0 Å². The molecule has 0 aliphatic carbocycles. The van der Waals surface area contributed by atoms with Crippen LogP contribution in [-0.4, -0.2) is 23.5 Å². The highest BCUT2D eigenvalue weighted by Gasteiger charge is 2.10. The maximum absolute atomic E-state index is 8.94. The summed E-state index contributed by atoms with van der Waals surface area (Å²) in [7, 11) is 0. The zero-order valence-electron chi connectivity index (χ0n) is 11.9. The molecule has 2 N–H and O–H groups in total. The van der Waals surface area contributed by atoms with Crippen molar-refractivity contribution in [3.8, 4) is 0 Å². The molecule has 1 aromatic rings. The van der Waals surface area contributed by atoms with Gasteiger partial charge in [-0.3, -0.25) is 0 Å². The van der Waals surface area contributed by atoms with Crippen LogP contribution in [0.25, 0.3) is 0 Å². The monoisotopic (exact) mass is 345 g/mol. The fraction of sp³-hybridized carbons (Fsp3) is 0.600. The smallest absolute Gasteiger partial charge is 0.0441 e. The minimum absolute atomic E-state index is 0.255. The molecule has 2 nitrogen and oxygen atoms in total. The van der Waals surface area contributed by atoms with Gasteiger partial charge in [-0.15, -0.1) is 11.8 Å². The third-order valence-corrected chi connectivity index (χ3v) is 4.86. The molecule has 0 spiro atoms. The lowest BCUT2D eigenvalue weighted by molar-refractivity contribution is 0.289. The molecular weight excluding hydrogens is 322 g/mol. The number of nitrogens with one attached hydrogen (secondary N) is 1. The first-order chi connectivity index (χ1) is 9.08. The van der Waals surface area contributed by atoms with Crippen LogP contribution in [0.4, 0.5) is 0 Å². The van der Waals surface area contributed by atoms with Gasteiger partial charge >= 0.3 is 0 Å². The molecule has 0 fully saturated rings. The van der Waals surface area contributed by atoms with Gasteiger partial charge in [-0.1, -0.05) is 35.8 Å². The van der Waals surface area contributed by atoms with Gasteiger partial charge in [0.05, 0.1) is 0 Å². The van der Waals surface area contributed by atoms with Crippen LogP contribution in [0.3, 0.4) is 0 Å². The van der Waals surface area contributed by atoms with Crippen molar-refractivity contribution in [1.29, 1.82) is 0 Å². The van der Waals surface area contributed by atoms with Crippen molar-refractivity contribution >= 4 is 27.7 Å². The molecule has 0 amide bonds. The van der Waals surface area contributed by atoms with Crippen LogP contribution in [0.2, 0.25) is 0 Å². The molecule has 0 aliphatic heterocycles. The summed E-state index contributed by atoms with van der Waals surface area (Å²) < 4.78 is 1.16. The second kappa shape index (κ2) is 9.01. The Morgan fingerprint density at radius 2 is 2.11 bits per heavy atom. The summed E-state index contributed by atoms with van der Waals surface area (Å²) in [5.41, 5.74) is 1.30. The van der Waals surface area contributed by atoms with Crippen molar-refractivity contribution in [3.05, 3.63) is 28.2 Å². The summed E-state index contributed by atoms with van der Waals surface area (Å²) in [4.78, 5) is 1.25. The second-order valence-electron chi connectivity index (χ2n) is 4.80. The van der Waals surface area contributed by atoms with Crippen LogP contribution in [0, 0.1) is 0 Å². The van der Waals surface area contributed by atoms with Gasteiger partial charge in [-0.05, 0) is 44.0 Å². The van der Waals surface area contributed by atoms with E-state index in [1.165, 1.54) is 10.5 Å². The molecule has 0 bridgehead atoms. The minimum Gasteiger partial charge on any atom is -0.396 e. The number of thioether (sulfide) groups is 1. The number of benzene rings is 1. The molecule has 2 atom stereocenters. The quantitative estimate of drug-likeness (QED) is 0.686. The molecule has 0 saturated heterocycles. The summed E-state index contributed by atoms with van der Waals surface area (Å²) in [5.74, 6) is 0. The lowest BCUT2D eigenvalue weighted by Gasteiger charge is -2.17.